The summed E-state index contributed by atoms with van der Waals surface area (Å²) >= 11 is 0. The number of para-hydroxylation sites is 1. The predicted molar refractivity (Wildman–Crippen MR) is 85.8 cm³/mol. The maximum absolute atomic E-state index is 5.90. The zero-order valence-corrected chi connectivity index (χ0v) is 13.4. The van der Waals surface area contributed by atoms with Crippen LogP contribution in [0.25, 0.3) is 0 Å². The zero-order chi connectivity index (χ0) is 15.2. The minimum Gasteiger partial charge on any atom is -0.493 e. The average molecular weight is 287 g/mol. The number of rotatable bonds is 7. The first-order chi connectivity index (χ1) is 10.2. The summed E-state index contributed by atoms with van der Waals surface area (Å²) in [6.07, 6.45) is 1.00. The fourth-order valence-corrected chi connectivity index (χ4v) is 2.58. The third kappa shape index (κ3) is 3.45. The Morgan fingerprint density at radius 3 is 2.71 bits per heavy atom. The van der Waals surface area contributed by atoms with Gasteiger partial charge < -0.3 is 10.1 Å². The molecule has 114 valence electrons. The van der Waals surface area contributed by atoms with Crippen molar-refractivity contribution in [3.63, 3.8) is 0 Å². The summed E-state index contributed by atoms with van der Waals surface area (Å²) in [5.41, 5.74) is 3.37. The maximum atomic E-state index is 5.90. The number of aromatic nitrogens is 2. The molecule has 0 bridgehead atoms. The maximum Gasteiger partial charge on any atom is 0.124 e. The van der Waals surface area contributed by atoms with Crippen molar-refractivity contribution in [3.05, 3.63) is 47.3 Å². The molecule has 0 saturated heterocycles. The molecule has 1 N–H and O–H groups in total. The summed E-state index contributed by atoms with van der Waals surface area (Å²) in [4.78, 5) is 0. The molecule has 2 aromatic rings. The number of hydrogen-bond donors (Lipinski definition) is 1. The lowest BCUT2D eigenvalue weighted by Crippen LogP contribution is -2.22. The van der Waals surface area contributed by atoms with Crippen molar-refractivity contribution in [2.24, 2.45) is 0 Å². The van der Waals surface area contributed by atoms with Crippen molar-refractivity contribution in [1.29, 1.82) is 0 Å². The van der Waals surface area contributed by atoms with E-state index in [1.807, 2.05) is 30.8 Å². The van der Waals surface area contributed by atoms with Crippen LogP contribution in [0.2, 0.25) is 0 Å². The second-order valence-electron chi connectivity index (χ2n) is 5.13. The highest BCUT2D eigenvalue weighted by molar-refractivity contribution is 5.40. The first-order valence-electron chi connectivity index (χ1n) is 7.64. The summed E-state index contributed by atoms with van der Waals surface area (Å²) < 4.78 is 7.95. The summed E-state index contributed by atoms with van der Waals surface area (Å²) in [5.74, 6) is 0.945. The van der Waals surface area contributed by atoms with Gasteiger partial charge in [0.05, 0.1) is 24.0 Å². The zero-order valence-electron chi connectivity index (χ0n) is 13.4. The molecule has 0 aliphatic heterocycles. The molecule has 0 saturated carbocycles. The fourth-order valence-electron chi connectivity index (χ4n) is 2.58. The standard InChI is InChI=1S/C17H25N3O/c1-5-11-21-16-10-8-7-9-14(16)17(18-4)15-12-13(3)19-20(15)6-2/h7-10,12,17-18H,5-6,11H2,1-4H3. The van der Waals surface area contributed by atoms with E-state index in [0.717, 1.165) is 36.6 Å². The first-order valence-corrected chi connectivity index (χ1v) is 7.64. The molecule has 21 heavy (non-hydrogen) atoms. The average Bonchev–Trinajstić information content (AvgIpc) is 2.88. The summed E-state index contributed by atoms with van der Waals surface area (Å²) in [6.45, 7) is 7.86. The molecule has 1 aromatic carbocycles. The number of hydrogen-bond acceptors (Lipinski definition) is 3. The highest BCUT2D eigenvalue weighted by atomic mass is 16.5. The Bertz CT molecular complexity index is 577. The van der Waals surface area contributed by atoms with Gasteiger partial charge in [0.15, 0.2) is 0 Å². The van der Waals surface area contributed by atoms with Crippen LogP contribution in [0.1, 0.15) is 43.3 Å². The van der Waals surface area contributed by atoms with Gasteiger partial charge >= 0.3 is 0 Å². The molecule has 1 unspecified atom stereocenters. The van der Waals surface area contributed by atoms with Crippen molar-refractivity contribution >= 4 is 0 Å². The number of nitrogens with zero attached hydrogens (tertiary/aromatic N) is 2. The number of aryl methyl sites for hydroxylation is 2. The Morgan fingerprint density at radius 2 is 2.05 bits per heavy atom. The topological polar surface area (TPSA) is 39.1 Å². The van der Waals surface area contributed by atoms with Crippen LogP contribution in [-0.2, 0) is 6.54 Å². The van der Waals surface area contributed by atoms with Crippen LogP contribution in [0, 0.1) is 6.92 Å². The van der Waals surface area contributed by atoms with Crippen LogP contribution in [0.15, 0.2) is 30.3 Å². The van der Waals surface area contributed by atoms with E-state index >= 15 is 0 Å². The second-order valence-corrected chi connectivity index (χ2v) is 5.13. The molecule has 0 spiro atoms. The van der Waals surface area contributed by atoms with Gasteiger partial charge in [0.1, 0.15) is 5.75 Å². The highest BCUT2D eigenvalue weighted by Gasteiger charge is 2.20. The third-order valence-electron chi connectivity index (χ3n) is 3.51. The molecule has 0 fully saturated rings. The minimum absolute atomic E-state index is 0.0826. The molecule has 1 atom stereocenters. The van der Waals surface area contributed by atoms with Gasteiger partial charge in [-0.05, 0) is 39.4 Å². The van der Waals surface area contributed by atoms with Crippen molar-refractivity contribution in [2.75, 3.05) is 13.7 Å². The van der Waals surface area contributed by atoms with E-state index in [9.17, 15) is 0 Å². The monoisotopic (exact) mass is 287 g/mol. The van der Waals surface area contributed by atoms with Gasteiger partial charge in [-0.2, -0.15) is 5.10 Å². The van der Waals surface area contributed by atoms with Gasteiger partial charge in [0.2, 0.25) is 0 Å². The Morgan fingerprint density at radius 1 is 1.29 bits per heavy atom. The number of ether oxygens (including phenoxy) is 1. The lowest BCUT2D eigenvalue weighted by Gasteiger charge is -2.21. The molecule has 0 aliphatic rings. The lowest BCUT2D eigenvalue weighted by molar-refractivity contribution is 0.311. The fraction of sp³-hybridized carbons (Fsp3) is 0.471. The third-order valence-corrected chi connectivity index (χ3v) is 3.51. The number of benzene rings is 1. The van der Waals surface area contributed by atoms with Crippen molar-refractivity contribution in [3.8, 4) is 5.75 Å². The Balaban J connectivity index is 2.41. The normalized spacial score (nSPS) is 12.4. The van der Waals surface area contributed by atoms with Crippen LogP contribution < -0.4 is 10.1 Å². The molecule has 1 heterocycles. The Labute approximate surface area is 127 Å². The van der Waals surface area contributed by atoms with E-state index in [1.54, 1.807) is 0 Å². The van der Waals surface area contributed by atoms with Crippen LogP contribution in [-0.4, -0.2) is 23.4 Å². The Hall–Kier alpha value is -1.81. The van der Waals surface area contributed by atoms with E-state index in [4.69, 9.17) is 4.74 Å². The molecule has 0 aliphatic carbocycles. The van der Waals surface area contributed by atoms with E-state index in [0.29, 0.717) is 0 Å². The van der Waals surface area contributed by atoms with Crippen LogP contribution in [0.3, 0.4) is 0 Å². The van der Waals surface area contributed by atoms with Crippen LogP contribution in [0.5, 0.6) is 5.75 Å². The predicted octanol–water partition coefficient (Wildman–Crippen LogP) is 3.31. The minimum atomic E-state index is 0.0826. The van der Waals surface area contributed by atoms with Gasteiger partial charge in [-0.3, -0.25) is 4.68 Å². The van der Waals surface area contributed by atoms with E-state index < -0.39 is 0 Å². The largest absolute Gasteiger partial charge is 0.493 e. The molecule has 1 aromatic heterocycles. The second kappa shape index (κ2) is 7.27. The first kappa shape index (κ1) is 15.6. The smallest absolute Gasteiger partial charge is 0.124 e. The molecule has 4 nitrogen and oxygen atoms in total. The van der Waals surface area contributed by atoms with Crippen molar-refractivity contribution < 1.29 is 4.74 Å². The highest BCUT2D eigenvalue weighted by Crippen LogP contribution is 2.30. The SMILES string of the molecule is CCCOc1ccccc1C(NC)c1cc(C)nn1CC. The summed E-state index contributed by atoms with van der Waals surface area (Å²) in [6, 6.07) is 10.4. The molecule has 0 amide bonds. The quantitative estimate of drug-likeness (QED) is 0.849. The van der Waals surface area contributed by atoms with Crippen molar-refractivity contribution in [1.82, 2.24) is 15.1 Å². The van der Waals surface area contributed by atoms with E-state index in [1.165, 1.54) is 5.69 Å². The lowest BCUT2D eigenvalue weighted by atomic mass is 10.0. The van der Waals surface area contributed by atoms with Gasteiger partial charge in [-0.15, -0.1) is 0 Å². The molecule has 0 radical (unpaired) electrons. The number of nitrogens with one attached hydrogen (secondary N) is 1. The van der Waals surface area contributed by atoms with Crippen molar-refractivity contribution in [2.45, 2.75) is 39.8 Å². The van der Waals surface area contributed by atoms with Gasteiger partial charge in [-0.1, -0.05) is 25.1 Å². The van der Waals surface area contributed by atoms with E-state index in [-0.39, 0.29) is 6.04 Å². The summed E-state index contributed by atoms with van der Waals surface area (Å²) in [5, 5.41) is 7.95. The molecular formula is C17H25N3O. The van der Waals surface area contributed by atoms with Gasteiger partial charge in [-0.25, -0.2) is 0 Å². The summed E-state index contributed by atoms with van der Waals surface area (Å²) in [7, 11) is 1.98. The van der Waals surface area contributed by atoms with E-state index in [2.05, 4.69) is 42.5 Å². The van der Waals surface area contributed by atoms with Crippen LogP contribution in [0.4, 0.5) is 0 Å². The van der Waals surface area contributed by atoms with Gasteiger partial charge in [0.25, 0.3) is 0 Å². The molecule has 4 heteroatoms. The molecular weight excluding hydrogens is 262 g/mol. The Kier molecular flexibility index (Phi) is 5.39. The molecule has 2 rings (SSSR count). The van der Waals surface area contributed by atoms with Crippen LogP contribution >= 0.6 is 0 Å². The van der Waals surface area contributed by atoms with Gasteiger partial charge in [0, 0.05) is 12.1 Å².